The first-order valence-corrected chi connectivity index (χ1v) is 15.9. The van der Waals surface area contributed by atoms with Crippen LogP contribution in [0, 0.1) is 17.8 Å². The van der Waals surface area contributed by atoms with Crippen molar-refractivity contribution in [2.75, 3.05) is 13.1 Å². The average Bonchev–Trinajstić information content (AvgIpc) is 3.62. The highest BCUT2D eigenvalue weighted by Gasteiger charge is 2.73. The van der Waals surface area contributed by atoms with Crippen LogP contribution in [0.4, 0.5) is 0 Å². The SMILES string of the molecule is C[C@@H](NC1CCN(S(=O)(=O)C23C[C@H]4C[C@@H](NC(=O)c5cc(C6CC6)on5)C[C@@H](C2)C43)CC1)c1ccccc1. The number of sulfonamides is 1. The molecule has 8 nitrogen and oxygen atoms in total. The molecule has 1 saturated heterocycles. The number of benzene rings is 1. The lowest BCUT2D eigenvalue weighted by Gasteiger charge is -2.70. The minimum absolute atomic E-state index is 0.0873. The van der Waals surface area contributed by atoms with Crippen LogP contribution in [0.25, 0.3) is 0 Å². The van der Waals surface area contributed by atoms with Gasteiger partial charge in [0.1, 0.15) is 5.76 Å². The molecule has 7 rings (SSSR count). The van der Waals surface area contributed by atoms with Crippen LogP contribution in [-0.4, -0.2) is 53.7 Å². The zero-order valence-corrected chi connectivity index (χ0v) is 22.8. The number of aromatic nitrogens is 1. The van der Waals surface area contributed by atoms with Crippen molar-refractivity contribution in [3.63, 3.8) is 0 Å². The fourth-order valence-corrected chi connectivity index (χ4v) is 10.9. The highest BCUT2D eigenvalue weighted by Crippen LogP contribution is 2.69. The second kappa shape index (κ2) is 9.17. The van der Waals surface area contributed by atoms with E-state index < -0.39 is 14.8 Å². The molecule has 4 saturated carbocycles. The standard InChI is InChI=1S/C29H38N4O4S/c1-18(19-5-3-2-4-6-19)30-23-9-11-33(12-10-23)38(35,36)29-16-21-13-24(14-22(17-29)27(21)29)31-28(34)25-15-26(37-32-25)20-7-8-20/h2-6,15,18,20-24,27,30H,7-14,16-17H2,1H3,(H,31,34)/t18-,21-,22+,24-,27?,29?/m1/s1. The van der Waals surface area contributed by atoms with Crippen LogP contribution >= 0.6 is 0 Å². The molecule has 38 heavy (non-hydrogen) atoms. The number of hydrogen-bond donors (Lipinski definition) is 2. The number of carbonyl (C=O) groups excluding carboxylic acids is 1. The third-order valence-corrected chi connectivity index (χ3v) is 12.9. The first-order chi connectivity index (χ1) is 18.3. The normalized spacial score (nSPS) is 34.0. The first kappa shape index (κ1) is 24.8. The van der Waals surface area contributed by atoms with Gasteiger partial charge in [-0.1, -0.05) is 35.5 Å². The predicted molar refractivity (Wildman–Crippen MR) is 143 cm³/mol. The molecule has 1 aromatic heterocycles. The molecule has 1 aliphatic heterocycles. The number of piperidine rings is 1. The maximum Gasteiger partial charge on any atom is 0.273 e. The Kier molecular flexibility index (Phi) is 5.98. The van der Waals surface area contributed by atoms with E-state index in [9.17, 15) is 13.2 Å². The maximum atomic E-state index is 13.9. The molecule has 5 aliphatic rings. The summed E-state index contributed by atoms with van der Waals surface area (Å²) in [6.07, 6.45) is 7.12. The predicted octanol–water partition coefficient (Wildman–Crippen LogP) is 3.98. The smallest absolute Gasteiger partial charge is 0.273 e. The van der Waals surface area contributed by atoms with Gasteiger partial charge >= 0.3 is 0 Å². The topological polar surface area (TPSA) is 105 Å². The van der Waals surface area contributed by atoms with Crippen molar-refractivity contribution >= 4 is 15.9 Å². The molecule has 1 aromatic carbocycles. The van der Waals surface area contributed by atoms with Gasteiger partial charge in [0.15, 0.2) is 5.69 Å². The van der Waals surface area contributed by atoms with Gasteiger partial charge in [-0.05, 0) is 81.6 Å². The summed E-state index contributed by atoms with van der Waals surface area (Å²) in [5.74, 6) is 2.10. The van der Waals surface area contributed by atoms with Crippen molar-refractivity contribution in [3.05, 3.63) is 53.4 Å². The second-order valence-corrected chi connectivity index (χ2v) is 14.8. The van der Waals surface area contributed by atoms with Crippen molar-refractivity contribution in [1.82, 2.24) is 20.1 Å². The van der Waals surface area contributed by atoms with Crippen molar-refractivity contribution in [1.29, 1.82) is 0 Å². The van der Waals surface area contributed by atoms with E-state index in [0.717, 1.165) is 57.1 Å². The highest BCUT2D eigenvalue weighted by molar-refractivity contribution is 7.90. The van der Waals surface area contributed by atoms with E-state index in [0.29, 0.717) is 42.6 Å². The third kappa shape index (κ3) is 4.04. The van der Waals surface area contributed by atoms with E-state index in [1.807, 2.05) is 6.07 Å². The van der Waals surface area contributed by atoms with Crippen molar-refractivity contribution in [3.8, 4) is 0 Å². The molecule has 2 N–H and O–H groups in total. The van der Waals surface area contributed by atoms with Gasteiger partial charge in [0.2, 0.25) is 10.0 Å². The molecule has 2 aromatic rings. The third-order valence-electron chi connectivity index (χ3n) is 10.2. The van der Waals surface area contributed by atoms with Crippen molar-refractivity contribution < 1.29 is 17.7 Å². The summed E-state index contributed by atoms with van der Waals surface area (Å²) >= 11 is 0. The number of amides is 1. The maximum absolute atomic E-state index is 13.9. The molecular formula is C29H38N4O4S. The van der Waals surface area contributed by atoms with E-state index in [1.54, 1.807) is 10.4 Å². The molecule has 6 atom stereocenters. The summed E-state index contributed by atoms with van der Waals surface area (Å²) in [5, 5.41) is 10.8. The summed E-state index contributed by atoms with van der Waals surface area (Å²) in [7, 11) is -3.32. The fourth-order valence-electron chi connectivity index (χ4n) is 8.13. The lowest BCUT2D eigenvalue weighted by Crippen LogP contribution is -2.75. The molecular weight excluding hydrogens is 500 g/mol. The molecule has 9 heteroatoms. The summed E-state index contributed by atoms with van der Waals surface area (Å²) in [6.45, 7) is 3.38. The van der Waals surface area contributed by atoms with Gasteiger partial charge in [0.05, 0.1) is 4.75 Å². The molecule has 0 bridgehead atoms. The Bertz CT molecular complexity index is 1280. The highest BCUT2D eigenvalue weighted by atomic mass is 32.2. The lowest BCUT2D eigenvalue weighted by atomic mass is 9.42. The summed E-state index contributed by atoms with van der Waals surface area (Å²) < 4.78 is 34.3. The number of hydrogen-bond acceptors (Lipinski definition) is 6. The summed E-state index contributed by atoms with van der Waals surface area (Å²) in [5.41, 5.74) is 1.63. The van der Waals surface area contributed by atoms with Crippen LogP contribution in [0.2, 0.25) is 0 Å². The fraction of sp³-hybridized carbons (Fsp3) is 0.655. The Morgan fingerprint density at radius 1 is 1.05 bits per heavy atom. The van der Waals surface area contributed by atoms with E-state index >= 15 is 0 Å². The summed E-state index contributed by atoms with van der Waals surface area (Å²) in [6, 6.07) is 12.9. The molecule has 0 radical (unpaired) electrons. The first-order valence-electron chi connectivity index (χ1n) is 14.4. The van der Waals surface area contributed by atoms with Gasteiger partial charge < -0.3 is 15.2 Å². The molecule has 2 heterocycles. The van der Waals surface area contributed by atoms with Gasteiger partial charge in [-0.3, -0.25) is 4.79 Å². The quantitative estimate of drug-likeness (QED) is 0.527. The summed E-state index contributed by atoms with van der Waals surface area (Å²) in [4.78, 5) is 12.8. The van der Waals surface area contributed by atoms with Crippen LogP contribution in [0.1, 0.15) is 92.1 Å². The van der Waals surface area contributed by atoms with E-state index in [2.05, 4.69) is 47.0 Å². The Labute approximate surface area is 225 Å². The Morgan fingerprint density at radius 3 is 2.39 bits per heavy atom. The monoisotopic (exact) mass is 538 g/mol. The van der Waals surface area contributed by atoms with E-state index in [-0.39, 0.29) is 23.9 Å². The Hall–Kier alpha value is -2.23. The van der Waals surface area contributed by atoms with Crippen LogP contribution in [-0.2, 0) is 10.0 Å². The van der Waals surface area contributed by atoms with Crippen LogP contribution in [0.3, 0.4) is 0 Å². The number of carbonyl (C=O) groups is 1. The van der Waals surface area contributed by atoms with Crippen molar-refractivity contribution in [2.45, 2.75) is 87.1 Å². The van der Waals surface area contributed by atoms with Gasteiger partial charge in [0.25, 0.3) is 5.91 Å². The van der Waals surface area contributed by atoms with Crippen molar-refractivity contribution in [2.24, 2.45) is 17.8 Å². The minimum atomic E-state index is -3.32. The van der Waals surface area contributed by atoms with Crippen LogP contribution < -0.4 is 10.6 Å². The van der Waals surface area contributed by atoms with Gasteiger partial charge in [-0.2, -0.15) is 0 Å². The number of rotatable bonds is 8. The number of nitrogens with zero attached hydrogens (tertiary/aromatic N) is 2. The molecule has 4 aliphatic carbocycles. The van der Waals surface area contributed by atoms with Gasteiger partial charge in [0, 0.05) is 43.2 Å². The van der Waals surface area contributed by atoms with Crippen LogP contribution in [0.5, 0.6) is 0 Å². The molecule has 204 valence electrons. The average molecular weight is 539 g/mol. The Morgan fingerprint density at radius 2 is 1.74 bits per heavy atom. The largest absolute Gasteiger partial charge is 0.360 e. The minimum Gasteiger partial charge on any atom is -0.360 e. The number of nitrogens with one attached hydrogen (secondary N) is 2. The zero-order chi connectivity index (χ0) is 26.1. The molecule has 5 fully saturated rings. The van der Waals surface area contributed by atoms with Crippen LogP contribution in [0.15, 0.2) is 40.9 Å². The zero-order valence-electron chi connectivity index (χ0n) is 22.0. The lowest BCUT2D eigenvalue weighted by molar-refractivity contribution is -0.108. The van der Waals surface area contributed by atoms with E-state index in [4.69, 9.17) is 4.52 Å². The molecule has 2 unspecified atom stereocenters. The molecule has 1 amide bonds. The van der Waals surface area contributed by atoms with E-state index in [1.165, 1.54) is 5.56 Å². The van der Waals surface area contributed by atoms with Gasteiger partial charge in [-0.15, -0.1) is 0 Å². The molecule has 0 spiro atoms. The Balaban J connectivity index is 0.927. The second-order valence-electron chi connectivity index (χ2n) is 12.5. The van der Waals surface area contributed by atoms with Gasteiger partial charge in [-0.25, -0.2) is 12.7 Å².